The summed E-state index contributed by atoms with van der Waals surface area (Å²) in [6.45, 7) is 4.46. The van der Waals surface area contributed by atoms with Crippen molar-refractivity contribution in [1.82, 2.24) is 0 Å². The van der Waals surface area contributed by atoms with Gasteiger partial charge in [-0.2, -0.15) is 0 Å². The van der Waals surface area contributed by atoms with Crippen molar-refractivity contribution in [2.45, 2.75) is 96.4 Å². The van der Waals surface area contributed by atoms with Crippen LogP contribution in [0.2, 0.25) is 0 Å². The second-order valence-electron chi connectivity index (χ2n) is 13.8. The van der Waals surface area contributed by atoms with Crippen molar-refractivity contribution < 1.29 is 80.0 Å². The summed E-state index contributed by atoms with van der Waals surface area (Å²) in [5.41, 5.74) is -1.87. The number of ether oxygens (including phenoxy) is 1. The molecule has 20 heteroatoms. The van der Waals surface area contributed by atoms with Gasteiger partial charge in [-0.1, -0.05) is 20.8 Å². The Kier molecular flexibility index (Phi) is 10.4. The van der Waals surface area contributed by atoms with Crippen LogP contribution >= 0.6 is 23.5 Å². The summed E-state index contributed by atoms with van der Waals surface area (Å²) < 4.78 is 85.4. The summed E-state index contributed by atoms with van der Waals surface area (Å²) in [4.78, 5) is 67.7. The standard InChI is InChI=1S/C25H43F2O15P3/c1-14(4-7-20(29)39-13-40-43(30,31)32)16-5-6-17-21-18(10-19(28)23(16,17)3)22(2)8-9-24(26,41-44(33,34)35)11-15(22)12-25(21,27)42-45(36,37)38/h14-19,21,28H,4-13H2,1-3H3,(H2,30,31,32)(H2,33,34,35)(H2,36,37,38). The van der Waals surface area contributed by atoms with E-state index < -0.39 is 108 Å². The van der Waals surface area contributed by atoms with Gasteiger partial charge in [-0.15, -0.1) is 0 Å². The van der Waals surface area contributed by atoms with Gasteiger partial charge in [0, 0.05) is 31.6 Å². The largest absolute Gasteiger partial charge is 0.472 e. The van der Waals surface area contributed by atoms with Crippen molar-refractivity contribution >= 4 is 29.4 Å². The molecule has 262 valence electrons. The predicted octanol–water partition coefficient (Wildman–Crippen LogP) is 3.80. The average Bonchev–Trinajstić information content (AvgIpc) is 3.19. The lowest BCUT2D eigenvalue weighted by Crippen LogP contribution is -2.66. The molecule has 0 aromatic heterocycles. The number of phosphoric ester groups is 3. The molecule has 0 heterocycles. The molecule has 4 rings (SSSR count). The van der Waals surface area contributed by atoms with Crippen molar-refractivity contribution in [2.75, 3.05) is 6.79 Å². The summed E-state index contributed by atoms with van der Waals surface area (Å²) in [5, 5.41) is 11.7. The first-order chi connectivity index (χ1) is 20.3. The number of halogens is 2. The Labute approximate surface area is 259 Å². The third-order valence-corrected chi connectivity index (χ3v) is 12.9. The molecule has 0 saturated heterocycles. The highest BCUT2D eigenvalue weighted by atomic mass is 31.2. The second-order valence-corrected chi connectivity index (χ2v) is 17.3. The van der Waals surface area contributed by atoms with Crippen LogP contribution in [0.3, 0.4) is 0 Å². The predicted molar refractivity (Wildman–Crippen MR) is 148 cm³/mol. The van der Waals surface area contributed by atoms with E-state index in [0.717, 1.165) is 0 Å². The van der Waals surface area contributed by atoms with Gasteiger partial charge >= 0.3 is 29.4 Å². The van der Waals surface area contributed by atoms with E-state index in [1.54, 1.807) is 13.8 Å². The normalized spacial score (nSPS) is 42.8. The van der Waals surface area contributed by atoms with Crippen molar-refractivity contribution in [3.63, 3.8) is 0 Å². The van der Waals surface area contributed by atoms with Crippen LogP contribution in [-0.2, 0) is 36.8 Å². The van der Waals surface area contributed by atoms with E-state index in [4.69, 9.17) is 19.0 Å². The zero-order valence-corrected chi connectivity index (χ0v) is 27.8. The Bertz CT molecular complexity index is 1270. The van der Waals surface area contributed by atoms with Gasteiger partial charge < -0.3 is 39.2 Å². The fourth-order valence-electron chi connectivity index (χ4n) is 9.42. The molecule has 0 radical (unpaired) electrons. The van der Waals surface area contributed by atoms with Crippen LogP contribution in [0.4, 0.5) is 8.78 Å². The van der Waals surface area contributed by atoms with Gasteiger partial charge in [0.2, 0.25) is 18.5 Å². The van der Waals surface area contributed by atoms with E-state index in [-0.39, 0.29) is 37.5 Å². The highest BCUT2D eigenvalue weighted by molar-refractivity contribution is 7.46. The van der Waals surface area contributed by atoms with Gasteiger partial charge in [0.15, 0.2) is 0 Å². The molecule has 45 heavy (non-hydrogen) atoms. The first-order valence-electron chi connectivity index (χ1n) is 14.8. The van der Waals surface area contributed by atoms with E-state index in [0.29, 0.717) is 12.8 Å². The summed E-state index contributed by atoms with van der Waals surface area (Å²) in [6.07, 6.45) is -1.82. The van der Waals surface area contributed by atoms with Crippen LogP contribution in [-0.4, -0.2) is 65.0 Å². The van der Waals surface area contributed by atoms with Gasteiger partial charge in [0.1, 0.15) is 0 Å². The molecule has 0 bridgehead atoms. The Morgan fingerprint density at radius 1 is 0.911 bits per heavy atom. The Hall–Kier alpha value is -0.380. The molecule has 7 N–H and O–H groups in total. The zero-order chi connectivity index (χ0) is 34.0. The number of hydrogen-bond acceptors (Lipinski definition) is 9. The minimum Gasteiger partial charge on any atom is -0.438 e. The third-order valence-electron chi connectivity index (χ3n) is 11.3. The summed E-state index contributed by atoms with van der Waals surface area (Å²) in [7, 11) is -15.5. The van der Waals surface area contributed by atoms with Crippen molar-refractivity contribution in [3.8, 4) is 0 Å². The van der Waals surface area contributed by atoms with Crippen LogP contribution in [0.25, 0.3) is 0 Å². The fraction of sp³-hybridized carbons (Fsp3) is 0.960. The van der Waals surface area contributed by atoms with Crippen LogP contribution in [0, 0.1) is 46.3 Å². The minimum absolute atomic E-state index is 0.00511. The number of aliphatic hydroxyl groups is 1. The van der Waals surface area contributed by atoms with E-state index in [1.165, 1.54) is 0 Å². The van der Waals surface area contributed by atoms with E-state index >= 15 is 8.78 Å². The van der Waals surface area contributed by atoms with Gasteiger partial charge in [-0.25, -0.2) is 36.0 Å². The number of phosphoric acid groups is 3. The Balaban J connectivity index is 1.59. The van der Waals surface area contributed by atoms with E-state index in [2.05, 4.69) is 9.05 Å². The molecule has 0 aromatic rings. The fourth-order valence-corrected chi connectivity index (χ4v) is 10.8. The quantitative estimate of drug-likeness (QED) is 0.0914. The molecular weight excluding hydrogens is 671 g/mol. The van der Waals surface area contributed by atoms with Gasteiger partial charge in [0.25, 0.3) is 0 Å². The number of hydrogen-bond donors (Lipinski definition) is 7. The van der Waals surface area contributed by atoms with E-state index in [9.17, 15) is 43.2 Å². The number of rotatable bonds is 11. The highest BCUT2D eigenvalue weighted by Crippen LogP contribution is 2.73. The smallest absolute Gasteiger partial charge is 0.438 e. The topological polar surface area (TPSA) is 247 Å². The van der Waals surface area contributed by atoms with Crippen LogP contribution < -0.4 is 0 Å². The number of carbonyl (C=O) groups excluding carboxylic acids is 1. The molecule has 4 aliphatic rings. The molecule has 4 aliphatic carbocycles. The maximum atomic E-state index is 17.2. The monoisotopic (exact) mass is 714 g/mol. The number of aliphatic hydroxyl groups excluding tert-OH is 1. The molecule has 4 fully saturated rings. The van der Waals surface area contributed by atoms with Gasteiger partial charge in [0.05, 0.1) is 6.10 Å². The summed E-state index contributed by atoms with van der Waals surface area (Å²) in [6, 6.07) is 0. The lowest BCUT2D eigenvalue weighted by molar-refractivity contribution is -0.289. The lowest BCUT2D eigenvalue weighted by atomic mass is 9.42. The molecule has 0 aromatic carbocycles. The van der Waals surface area contributed by atoms with Crippen molar-refractivity contribution in [1.29, 1.82) is 0 Å². The molecule has 11 atom stereocenters. The molecule has 0 amide bonds. The number of esters is 1. The average molecular weight is 715 g/mol. The molecular formula is C25H43F2O15P3. The molecule has 11 unspecified atom stereocenters. The Morgan fingerprint density at radius 2 is 1.53 bits per heavy atom. The zero-order valence-electron chi connectivity index (χ0n) is 25.1. The van der Waals surface area contributed by atoms with Gasteiger partial charge in [-0.05, 0) is 72.5 Å². The van der Waals surface area contributed by atoms with Crippen molar-refractivity contribution in [3.05, 3.63) is 0 Å². The Morgan fingerprint density at radius 3 is 2.11 bits per heavy atom. The van der Waals surface area contributed by atoms with Crippen molar-refractivity contribution in [2.24, 2.45) is 46.3 Å². The first-order valence-corrected chi connectivity index (χ1v) is 19.4. The maximum absolute atomic E-state index is 17.2. The third kappa shape index (κ3) is 7.93. The maximum Gasteiger partial charge on any atom is 0.472 e. The minimum atomic E-state index is -5.45. The highest BCUT2D eigenvalue weighted by Gasteiger charge is 2.72. The van der Waals surface area contributed by atoms with Gasteiger partial charge in [-0.3, -0.25) is 4.79 Å². The van der Waals surface area contributed by atoms with E-state index in [1.807, 2.05) is 6.92 Å². The molecule has 0 spiro atoms. The van der Waals surface area contributed by atoms with Crippen LogP contribution in [0.15, 0.2) is 0 Å². The van der Waals surface area contributed by atoms with Crippen LogP contribution in [0.1, 0.15) is 78.6 Å². The molecule has 4 saturated carbocycles. The molecule has 0 aliphatic heterocycles. The second kappa shape index (κ2) is 12.5. The number of carbonyl (C=O) groups is 1. The summed E-state index contributed by atoms with van der Waals surface area (Å²) in [5.74, 6) is -10.6. The van der Waals surface area contributed by atoms with Crippen LogP contribution in [0.5, 0.6) is 0 Å². The lowest BCUT2D eigenvalue weighted by Gasteiger charge is -2.65. The number of alkyl halides is 2. The SMILES string of the molecule is CC(CCC(=O)OCOP(=O)(O)O)C1CCC2C3C(CC(O)C12C)C1(C)CCC(F)(OP(=O)(O)O)CC1CC3(F)OP(=O)(O)O. The number of fused-ring (bicyclic) bond motifs is 5. The summed E-state index contributed by atoms with van der Waals surface area (Å²) >= 11 is 0. The molecule has 15 nitrogen and oxygen atoms in total. The first kappa shape index (κ1) is 37.4.